The fourth-order valence-corrected chi connectivity index (χ4v) is 2.98. The second-order valence-electron chi connectivity index (χ2n) is 5.85. The van der Waals surface area contributed by atoms with Crippen molar-refractivity contribution in [2.45, 2.75) is 0 Å². The maximum Gasteiger partial charge on any atom is 0.259 e. The van der Waals surface area contributed by atoms with Crippen LogP contribution < -0.4 is 5.32 Å². The van der Waals surface area contributed by atoms with E-state index >= 15 is 0 Å². The van der Waals surface area contributed by atoms with Gasteiger partial charge in [-0.1, -0.05) is 54.6 Å². The van der Waals surface area contributed by atoms with Crippen molar-refractivity contribution in [2.24, 2.45) is 0 Å². The molecular weight excluding hydrogens is 314 g/mol. The largest absolute Gasteiger partial charge is 0.507 e. The molecule has 0 fully saturated rings. The summed E-state index contributed by atoms with van der Waals surface area (Å²) < 4.78 is 0. The van der Waals surface area contributed by atoms with Gasteiger partial charge in [0.05, 0.1) is 11.3 Å². The molecule has 4 nitrogen and oxygen atoms in total. The molecule has 0 saturated heterocycles. The smallest absolute Gasteiger partial charge is 0.259 e. The Morgan fingerprint density at radius 3 is 2.12 bits per heavy atom. The van der Waals surface area contributed by atoms with E-state index in [2.05, 4.69) is 5.32 Å². The number of anilines is 1. The number of benzene rings is 4. The molecule has 0 radical (unpaired) electrons. The summed E-state index contributed by atoms with van der Waals surface area (Å²) in [6.07, 6.45) is 0. The Labute approximate surface area is 144 Å². The summed E-state index contributed by atoms with van der Waals surface area (Å²) in [7, 11) is 0. The van der Waals surface area contributed by atoms with E-state index in [1.165, 1.54) is 6.07 Å². The Hall–Kier alpha value is -3.53. The zero-order valence-corrected chi connectivity index (χ0v) is 13.2. The van der Waals surface area contributed by atoms with Gasteiger partial charge >= 0.3 is 0 Å². The number of fused-ring (bicyclic) bond motifs is 2. The Balaban J connectivity index is 1.78. The zero-order chi connectivity index (χ0) is 17.4. The van der Waals surface area contributed by atoms with Gasteiger partial charge in [0, 0.05) is 5.39 Å². The Kier molecular flexibility index (Phi) is 3.51. The summed E-state index contributed by atoms with van der Waals surface area (Å²) in [6, 6.07) is 21.5. The molecule has 0 aromatic heterocycles. The lowest BCUT2D eigenvalue weighted by Crippen LogP contribution is -2.12. The molecule has 0 aliphatic heterocycles. The summed E-state index contributed by atoms with van der Waals surface area (Å²) in [5.74, 6) is -0.599. The topological polar surface area (TPSA) is 69.6 Å². The van der Waals surface area contributed by atoms with Crippen molar-refractivity contribution in [3.8, 4) is 11.5 Å². The van der Waals surface area contributed by atoms with Crippen molar-refractivity contribution in [2.75, 3.05) is 5.32 Å². The van der Waals surface area contributed by atoms with E-state index in [-0.39, 0.29) is 17.1 Å². The lowest BCUT2D eigenvalue weighted by Gasteiger charge is -2.12. The SMILES string of the molecule is O=C(Nc1c(O)ccc2ccccc12)c1cc2ccccc2cc1O. The number of amides is 1. The highest BCUT2D eigenvalue weighted by Crippen LogP contribution is 2.33. The predicted molar refractivity (Wildman–Crippen MR) is 99.2 cm³/mol. The molecule has 4 aromatic carbocycles. The Morgan fingerprint density at radius 1 is 0.720 bits per heavy atom. The van der Waals surface area contributed by atoms with Gasteiger partial charge in [-0.15, -0.1) is 0 Å². The maximum absolute atomic E-state index is 12.7. The summed E-state index contributed by atoms with van der Waals surface area (Å²) in [5, 5.41) is 26.4. The lowest BCUT2D eigenvalue weighted by atomic mass is 10.0. The van der Waals surface area contributed by atoms with Crippen molar-refractivity contribution < 1.29 is 15.0 Å². The summed E-state index contributed by atoms with van der Waals surface area (Å²) in [6.45, 7) is 0. The van der Waals surface area contributed by atoms with E-state index in [1.54, 1.807) is 18.2 Å². The van der Waals surface area contributed by atoms with E-state index < -0.39 is 5.91 Å². The van der Waals surface area contributed by atoms with Crippen LogP contribution in [0.1, 0.15) is 10.4 Å². The first-order chi connectivity index (χ1) is 12.1. The molecule has 25 heavy (non-hydrogen) atoms. The molecule has 3 N–H and O–H groups in total. The number of carbonyl (C=O) groups is 1. The van der Waals surface area contributed by atoms with Crippen LogP contribution in [0.5, 0.6) is 11.5 Å². The van der Waals surface area contributed by atoms with E-state index in [4.69, 9.17) is 0 Å². The number of aromatic hydroxyl groups is 2. The van der Waals surface area contributed by atoms with Gasteiger partial charge in [-0.05, 0) is 34.4 Å². The molecule has 0 spiro atoms. The van der Waals surface area contributed by atoms with E-state index in [9.17, 15) is 15.0 Å². The molecule has 1 amide bonds. The molecule has 122 valence electrons. The molecular formula is C21H15NO3. The molecule has 4 rings (SSSR count). The number of phenols is 2. The highest BCUT2D eigenvalue weighted by molar-refractivity contribution is 6.13. The Morgan fingerprint density at radius 2 is 1.36 bits per heavy atom. The van der Waals surface area contributed by atoms with Gasteiger partial charge in [-0.25, -0.2) is 0 Å². The van der Waals surface area contributed by atoms with Crippen molar-refractivity contribution in [3.63, 3.8) is 0 Å². The minimum atomic E-state index is -0.477. The first-order valence-electron chi connectivity index (χ1n) is 7.87. The van der Waals surface area contributed by atoms with E-state index in [1.807, 2.05) is 48.5 Å². The molecule has 0 heterocycles. The highest BCUT2D eigenvalue weighted by Gasteiger charge is 2.16. The average Bonchev–Trinajstić information content (AvgIpc) is 2.63. The molecule has 0 aliphatic carbocycles. The van der Waals surface area contributed by atoms with Gasteiger partial charge in [0.15, 0.2) is 0 Å². The van der Waals surface area contributed by atoms with Gasteiger partial charge in [0.1, 0.15) is 11.5 Å². The predicted octanol–water partition coefficient (Wildman–Crippen LogP) is 4.66. The summed E-state index contributed by atoms with van der Waals surface area (Å²) in [4.78, 5) is 12.7. The van der Waals surface area contributed by atoms with Crippen LogP contribution in [0.15, 0.2) is 72.8 Å². The van der Waals surface area contributed by atoms with Crippen molar-refractivity contribution in [1.29, 1.82) is 0 Å². The lowest BCUT2D eigenvalue weighted by molar-refractivity contribution is 0.102. The van der Waals surface area contributed by atoms with Crippen LogP contribution in [-0.2, 0) is 0 Å². The van der Waals surface area contributed by atoms with Crippen molar-refractivity contribution in [3.05, 3.63) is 78.4 Å². The average molecular weight is 329 g/mol. The standard InChI is InChI=1S/C21H15NO3/c23-18-10-9-13-5-3-4-8-16(13)20(18)22-21(25)17-11-14-6-1-2-7-15(14)12-19(17)24/h1-12,23-24H,(H,22,25). The number of phenolic OH excluding ortho intramolecular Hbond substituents is 2. The van der Waals surface area contributed by atoms with Crippen LogP contribution in [-0.4, -0.2) is 16.1 Å². The zero-order valence-electron chi connectivity index (χ0n) is 13.2. The Bertz CT molecular complexity index is 1120. The third-order valence-electron chi connectivity index (χ3n) is 4.25. The van der Waals surface area contributed by atoms with Crippen molar-refractivity contribution in [1.82, 2.24) is 0 Å². The normalized spacial score (nSPS) is 10.9. The second-order valence-corrected chi connectivity index (χ2v) is 5.85. The van der Waals surface area contributed by atoms with Crippen LogP contribution in [0.25, 0.3) is 21.5 Å². The highest BCUT2D eigenvalue weighted by atomic mass is 16.3. The minimum absolute atomic E-state index is 0.0210. The third kappa shape index (κ3) is 2.64. The van der Waals surface area contributed by atoms with Crippen molar-refractivity contribution >= 4 is 33.1 Å². The van der Waals surface area contributed by atoms with Crippen LogP contribution in [0.2, 0.25) is 0 Å². The quantitative estimate of drug-likeness (QED) is 0.469. The van der Waals surface area contributed by atoms with E-state index in [0.717, 1.165) is 21.5 Å². The molecule has 0 atom stereocenters. The van der Waals surface area contributed by atoms with Gasteiger partial charge in [0.2, 0.25) is 0 Å². The molecule has 4 aromatic rings. The summed E-state index contributed by atoms with van der Waals surface area (Å²) >= 11 is 0. The number of nitrogens with one attached hydrogen (secondary N) is 1. The van der Waals surface area contributed by atoms with Gasteiger partial charge in [-0.3, -0.25) is 4.79 Å². The number of rotatable bonds is 2. The second kappa shape index (κ2) is 5.83. The first kappa shape index (κ1) is 15.0. The van der Waals surface area contributed by atoms with E-state index in [0.29, 0.717) is 5.69 Å². The summed E-state index contributed by atoms with van der Waals surface area (Å²) in [5.41, 5.74) is 0.488. The molecule has 0 saturated carbocycles. The molecule has 0 aliphatic rings. The van der Waals surface area contributed by atoms with Crippen LogP contribution >= 0.6 is 0 Å². The maximum atomic E-state index is 12.7. The van der Waals surface area contributed by atoms with Crippen LogP contribution in [0, 0.1) is 0 Å². The first-order valence-corrected chi connectivity index (χ1v) is 7.87. The molecule has 0 bridgehead atoms. The fraction of sp³-hybridized carbons (Fsp3) is 0. The number of carbonyl (C=O) groups excluding carboxylic acids is 1. The fourth-order valence-electron chi connectivity index (χ4n) is 2.98. The van der Waals surface area contributed by atoms with Gasteiger partial charge in [-0.2, -0.15) is 0 Å². The van der Waals surface area contributed by atoms with Gasteiger partial charge < -0.3 is 15.5 Å². The third-order valence-corrected chi connectivity index (χ3v) is 4.25. The minimum Gasteiger partial charge on any atom is -0.507 e. The van der Waals surface area contributed by atoms with Gasteiger partial charge in [0.25, 0.3) is 5.91 Å². The number of hydrogen-bond acceptors (Lipinski definition) is 3. The monoisotopic (exact) mass is 329 g/mol. The molecule has 0 unspecified atom stereocenters. The number of hydrogen-bond donors (Lipinski definition) is 3. The van der Waals surface area contributed by atoms with Crippen LogP contribution in [0.4, 0.5) is 5.69 Å². The molecule has 4 heteroatoms. The van der Waals surface area contributed by atoms with Crippen LogP contribution in [0.3, 0.4) is 0 Å².